The number of carboxylic acid groups (broad SMARTS) is 1. The number of hydrogen-bond acceptors (Lipinski definition) is 1. The van der Waals surface area contributed by atoms with Crippen molar-refractivity contribution < 1.29 is 9.90 Å². The normalized spacial score (nSPS) is 20.7. The summed E-state index contributed by atoms with van der Waals surface area (Å²) < 4.78 is 0. The van der Waals surface area contributed by atoms with Crippen molar-refractivity contribution >= 4 is 12.2 Å². The van der Waals surface area contributed by atoms with E-state index in [2.05, 4.69) is 12.2 Å². The molecule has 1 aromatic rings. The van der Waals surface area contributed by atoms with Crippen molar-refractivity contribution in [1.29, 1.82) is 0 Å². The molecule has 1 aromatic carbocycles. The van der Waals surface area contributed by atoms with Crippen LogP contribution < -0.4 is 0 Å². The van der Waals surface area contributed by atoms with Gasteiger partial charge in [-0.1, -0.05) is 42.5 Å². The van der Waals surface area contributed by atoms with Gasteiger partial charge in [0, 0.05) is 13.1 Å². The van der Waals surface area contributed by atoms with Crippen molar-refractivity contribution in [2.24, 2.45) is 5.92 Å². The highest BCUT2D eigenvalue weighted by Gasteiger charge is 2.20. The topological polar surface area (TPSA) is 40.5 Å². The molecule has 1 fully saturated rings. The van der Waals surface area contributed by atoms with E-state index < -0.39 is 6.09 Å². The van der Waals surface area contributed by atoms with Gasteiger partial charge in [0.15, 0.2) is 0 Å². The molecule has 1 N–H and O–H groups in total. The number of rotatable bonds is 2. The van der Waals surface area contributed by atoms with E-state index in [0.29, 0.717) is 19.0 Å². The Morgan fingerprint density at radius 3 is 2.82 bits per heavy atom. The number of nitrogens with zero attached hydrogens (tertiary/aromatic N) is 1. The molecule has 90 valence electrons. The lowest BCUT2D eigenvalue weighted by Crippen LogP contribution is -2.38. The Hall–Kier alpha value is -1.77. The van der Waals surface area contributed by atoms with Gasteiger partial charge in [0.25, 0.3) is 0 Å². The van der Waals surface area contributed by atoms with Crippen LogP contribution in [0.4, 0.5) is 4.79 Å². The van der Waals surface area contributed by atoms with Crippen LogP contribution in [-0.4, -0.2) is 29.2 Å². The van der Waals surface area contributed by atoms with Gasteiger partial charge in [-0.3, -0.25) is 0 Å². The first-order valence-electron chi connectivity index (χ1n) is 5.97. The van der Waals surface area contributed by atoms with Crippen LogP contribution in [0.3, 0.4) is 0 Å². The summed E-state index contributed by atoms with van der Waals surface area (Å²) in [6.45, 7) is 1.30. The zero-order chi connectivity index (χ0) is 12.1. The lowest BCUT2D eigenvalue weighted by Gasteiger charge is -2.28. The van der Waals surface area contributed by atoms with Crippen LogP contribution in [-0.2, 0) is 0 Å². The number of amides is 1. The maximum atomic E-state index is 10.9. The standard InChI is InChI=1S/C14H17NO2/c16-14(17)15-10-4-7-13(11-15)9-8-12-5-2-1-3-6-12/h1-3,5-6,8-9,13H,4,7,10-11H2,(H,16,17)/t13-/m0/s1. The highest BCUT2D eigenvalue weighted by atomic mass is 16.4. The largest absolute Gasteiger partial charge is 0.465 e. The average Bonchev–Trinajstić information content (AvgIpc) is 2.38. The van der Waals surface area contributed by atoms with Gasteiger partial charge < -0.3 is 10.0 Å². The van der Waals surface area contributed by atoms with E-state index in [0.717, 1.165) is 12.8 Å². The Labute approximate surface area is 101 Å². The second-order valence-electron chi connectivity index (χ2n) is 4.40. The molecule has 1 aliphatic heterocycles. The first kappa shape index (κ1) is 11.7. The fourth-order valence-electron chi connectivity index (χ4n) is 2.15. The molecule has 0 aromatic heterocycles. The van der Waals surface area contributed by atoms with E-state index in [9.17, 15) is 4.79 Å². The van der Waals surface area contributed by atoms with Gasteiger partial charge in [0.1, 0.15) is 0 Å². The number of likely N-dealkylation sites (tertiary alicyclic amines) is 1. The molecule has 1 saturated heterocycles. The zero-order valence-corrected chi connectivity index (χ0v) is 9.75. The molecule has 1 amide bonds. The van der Waals surface area contributed by atoms with Crippen molar-refractivity contribution in [3.63, 3.8) is 0 Å². The van der Waals surface area contributed by atoms with Gasteiger partial charge in [-0.05, 0) is 24.3 Å². The highest BCUT2D eigenvalue weighted by Crippen LogP contribution is 2.18. The van der Waals surface area contributed by atoms with Crippen molar-refractivity contribution in [2.45, 2.75) is 12.8 Å². The maximum absolute atomic E-state index is 10.9. The summed E-state index contributed by atoms with van der Waals surface area (Å²) in [4.78, 5) is 12.4. The molecule has 3 heteroatoms. The monoisotopic (exact) mass is 231 g/mol. The molecular formula is C14H17NO2. The summed E-state index contributed by atoms with van der Waals surface area (Å²) >= 11 is 0. The Morgan fingerprint density at radius 1 is 1.35 bits per heavy atom. The molecule has 0 aliphatic carbocycles. The Morgan fingerprint density at radius 2 is 2.12 bits per heavy atom. The minimum atomic E-state index is -0.803. The number of carbonyl (C=O) groups is 1. The van der Waals surface area contributed by atoms with Crippen LogP contribution in [0.2, 0.25) is 0 Å². The van der Waals surface area contributed by atoms with E-state index >= 15 is 0 Å². The predicted octanol–water partition coefficient (Wildman–Crippen LogP) is 3.09. The molecule has 1 atom stereocenters. The number of hydrogen-bond donors (Lipinski definition) is 1. The predicted molar refractivity (Wildman–Crippen MR) is 67.8 cm³/mol. The molecule has 17 heavy (non-hydrogen) atoms. The zero-order valence-electron chi connectivity index (χ0n) is 9.75. The van der Waals surface area contributed by atoms with Crippen LogP contribution >= 0.6 is 0 Å². The van der Waals surface area contributed by atoms with Gasteiger partial charge in [-0.15, -0.1) is 0 Å². The minimum absolute atomic E-state index is 0.347. The summed E-state index contributed by atoms with van der Waals surface area (Å²) in [5, 5.41) is 8.94. The third-order valence-electron chi connectivity index (χ3n) is 3.09. The van der Waals surface area contributed by atoms with Gasteiger partial charge in [0.05, 0.1) is 0 Å². The molecule has 0 radical (unpaired) electrons. The van der Waals surface area contributed by atoms with Crippen molar-refractivity contribution in [2.75, 3.05) is 13.1 Å². The molecule has 0 saturated carbocycles. The van der Waals surface area contributed by atoms with Crippen molar-refractivity contribution in [3.8, 4) is 0 Å². The van der Waals surface area contributed by atoms with E-state index in [-0.39, 0.29) is 0 Å². The first-order chi connectivity index (χ1) is 8.25. The molecule has 1 aliphatic rings. The summed E-state index contributed by atoms with van der Waals surface area (Å²) in [6.07, 6.45) is 5.44. The van der Waals surface area contributed by atoms with E-state index in [1.807, 2.05) is 30.3 Å². The average molecular weight is 231 g/mol. The van der Waals surface area contributed by atoms with Gasteiger partial charge >= 0.3 is 6.09 Å². The minimum Gasteiger partial charge on any atom is -0.465 e. The van der Waals surface area contributed by atoms with Crippen LogP contribution in [0.15, 0.2) is 36.4 Å². The summed E-state index contributed by atoms with van der Waals surface area (Å²) in [5.41, 5.74) is 1.17. The fourth-order valence-corrected chi connectivity index (χ4v) is 2.15. The molecule has 0 bridgehead atoms. The van der Waals surface area contributed by atoms with Gasteiger partial charge in [0.2, 0.25) is 0 Å². The summed E-state index contributed by atoms with van der Waals surface area (Å²) in [6, 6.07) is 10.1. The first-order valence-corrected chi connectivity index (χ1v) is 5.97. The van der Waals surface area contributed by atoms with E-state index in [1.165, 1.54) is 10.5 Å². The molecule has 1 heterocycles. The smallest absolute Gasteiger partial charge is 0.407 e. The second-order valence-corrected chi connectivity index (χ2v) is 4.40. The Balaban J connectivity index is 1.95. The number of piperidine rings is 1. The van der Waals surface area contributed by atoms with Gasteiger partial charge in [-0.25, -0.2) is 4.79 Å². The highest BCUT2D eigenvalue weighted by molar-refractivity contribution is 5.65. The molecule has 2 rings (SSSR count). The third-order valence-corrected chi connectivity index (χ3v) is 3.09. The summed E-state index contributed by atoms with van der Waals surface area (Å²) in [7, 11) is 0. The molecule has 0 spiro atoms. The van der Waals surface area contributed by atoms with Crippen LogP contribution in [0.5, 0.6) is 0 Å². The number of benzene rings is 1. The Kier molecular flexibility index (Phi) is 3.81. The van der Waals surface area contributed by atoms with Gasteiger partial charge in [-0.2, -0.15) is 0 Å². The fraction of sp³-hybridized carbons (Fsp3) is 0.357. The quantitative estimate of drug-likeness (QED) is 0.849. The van der Waals surface area contributed by atoms with Crippen molar-refractivity contribution in [3.05, 3.63) is 42.0 Å². The van der Waals surface area contributed by atoms with Crippen LogP contribution in [0, 0.1) is 5.92 Å². The Bertz CT molecular complexity index is 400. The second kappa shape index (κ2) is 5.53. The SMILES string of the molecule is O=C(O)N1CCC[C@@H](C=Cc2ccccc2)C1. The molecule has 3 nitrogen and oxygen atoms in total. The van der Waals surface area contributed by atoms with E-state index in [1.54, 1.807) is 0 Å². The van der Waals surface area contributed by atoms with Crippen LogP contribution in [0.25, 0.3) is 6.08 Å². The molecular weight excluding hydrogens is 214 g/mol. The lowest BCUT2D eigenvalue weighted by molar-refractivity contribution is 0.127. The van der Waals surface area contributed by atoms with Crippen LogP contribution in [0.1, 0.15) is 18.4 Å². The third kappa shape index (κ3) is 3.34. The summed E-state index contributed by atoms with van der Waals surface area (Å²) in [5.74, 6) is 0.347. The lowest BCUT2D eigenvalue weighted by atomic mass is 9.97. The van der Waals surface area contributed by atoms with E-state index in [4.69, 9.17) is 5.11 Å². The molecule has 0 unspecified atom stereocenters. The maximum Gasteiger partial charge on any atom is 0.407 e. The van der Waals surface area contributed by atoms with Crippen molar-refractivity contribution in [1.82, 2.24) is 4.90 Å².